The first-order chi connectivity index (χ1) is 8.34. The van der Waals surface area contributed by atoms with Crippen LogP contribution in [-0.2, 0) is 22.3 Å². The van der Waals surface area contributed by atoms with Crippen LogP contribution < -0.4 is 5.32 Å². The molecule has 1 atom stereocenters. The van der Waals surface area contributed by atoms with Crippen LogP contribution in [0.25, 0.3) is 0 Å². The summed E-state index contributed by atoms with van der Waals surface area (Å²) in [7, 11) is 1.28. The van der Waals surface area contributed by atoms with Crippen LogP contribution in [0.4, 0.5) is 13.2 Å². The van der Waals surface area contributed by atoms with Gasteiger partial charge in [0.05, 0.1) is 12.7 Å². The van der Waals surface area contributed by atoms with Crippen molar-refractivity contribution in [3.63, 3.8) is 0 Å². The van der Waals surface area contributed by atoms with Gasteiger partial charge in [-0.2, -0.15) is 13.2 Å². The Labute approximate surface area is 103 Å². The molecular formula is C12H14F3NO2. The predicted octanol–water partition coefficient (Wildman–Crippen LogP) is 2.36. The van der Waals surface area contributed by atoms with Gasteiger partial charge in [0, 0.05) is 6.54 Å². The van der Waals surface area contributed by atoms with Crippen molar-refractivity contribution in [1.29, 1.82) is 0 Å². The third-order valence-electron chi connectivity index (χ3n) is 2.45. The molecule has 0 spiro atoms. The molecule has 0 fully saturated rings. The Morgan fingerprint density at radius 3 is 2.33 bits per heavy atom. The van der Waals surface area contributed by atoms with Gasteiger partial charge in [0.1, 0.15) is 6.04 Å². The lowest BCUT2D eigenvalue weighted by molar-refractivity contribution is -0.142. The molecule has 0 aliphatic heterocycles. The molecule has 0 heterocycles. The average Bonchev–Trinajstić information content (AvgIpc) is 2.34. The highest BCUT2D eigenvalue weighted by Crippen LogP contribution is 2.28. The van der Waals surface area contributed by atoms with Gasteiger partial charge in [0.25, 0.3) is 0 Å². The molecule has 1 aromatic carbocycles. The summed E-state index contributed by atoms with van der Waals surface area (Å²) in [4.78, 5) is 11.1. The second kappa shape index (κ2) is 5.86. The van der Waals surface area contributed by atoms with Gasteiger partial charge >= 0.3 is 12.1 Å². The fourth-order valence-electron chi connectivity index (χ4n) is 1.34. The lowest BCUT2D eigenvalue weighted by Crippen LogP contribution is -2.34. The highest BCUT2D eigenvalue weighted by Gasteiger charge is 2.29. The number of halogens is 3. The summed E-state index contributed by atoms with van der Waals surface area (Å²) in [6.45, 7) is 1.92. The van der Waals surface area contributed by atoms with E-state index in [1.54, 1.807) is 6.92 Å². The summed E-state index contributed by atoms with van der Waals surface area (Å²) in [6, 6.07) is 4.27. The van der Waals surface area contributed by atoms with Gasteiger partial charge in [-0.05, 0) is 24.6 Å². The quantitative estimate of drug-likeness (QED) is 0.845. The summed E-state index contributed by atoms with van der Waals surface area (Å²) >= 11 is 0. The Kier molecular flexibility index (Phi) is 4.72. The largest absolute Gasteiger partial charge is 0.468 e. The number of ether oxygens (including phenoxy) is 1. The van der Waals surface area contributed by atoms with Crippen LogP contribution >= 0.6 is 0 Å². The summed E-state index contributed by atoms with van der Waals surface area (Å²) in [5, 5.41) is 2.85. The lowest BCUT2D eigenvalue weighted by atomic mass is 10.1. The zero-order chi connectivity index (χ0) is 13.8. The van der Waals surface area contributed by atoms with Crippen molar-refractivity contribution in [3.05, 3.63) is 35.4 Å². The highest BCUT2D eigenvalue weighted by atomic mass is 19.4. The zero-order valence-corrected chi connectivity index (χ0v) is 10.0. The number of alkyl halides is 3. The first-order valence-electron chi connectivity index (χ1n) is 5.32. The van der Waals surface area contributed by atoms with Gasteiger partial charge in [0.2, 0.25) is 0 Å². The maximum absolute atomic E-state index is 12.3. The van der Waals surface area contributed by atoms with Gasteiger partial charge < -0.3 is 10.1 Å². The van der Waals surface area contributed by atoms with Crippen LogP contribution in [0, 0.1) is 0 Å². The number of hydrogen-bond donors (Lipinski definition) is 1. The Hall–Kier alpha value is -1.56. The van der Waals surface area contributed by atoms with Crippen molar-refractivity contribution in [3.8, 4) is 0 Å². The Balaban J connectivity index is 2.57. The van der Waals surface area contributed by atoms with Crippen LogP contribution in [0.15, 0.2) is 24.3 Å². The molecule has 18 heavy (non-hydrogen) atoms. The minimum absolute atomic E-state index is 0.300. The predicted molar refractivity (Wildman–Crippen MR) is 59.8 cm³/mol. The SMILES string of the molecule is COC(=O)C(C)NCc1ccc(C(F)(F)F)cc1. The van der Waals surface area contributed by atoms with Crippen LogP contribution in [-0.4, -0.2) is 19.1 Å². The molecule has 0 amide bonds. The van der Waals surface area contributed by atoms with Crippen molar-refractivity contribution in [2.24, 2.45) is 0 Å². The number of hydrogen-bond acceptors (Lipinski definition) is 3. The minimum Gasteiger partial charge on any atom is -0.468 e. The molecular weight excluding hydrogens is 247 g/mol. The molecule has 0 aliphatic rings. The van der Waals surface area contributed by atoms with E-state index in [2.05, 4.69) is 10.1 Å². The van der Waals surface area contributed by atoms with E-state index in [-0.39, 0.29) is 0 Å². The molecule has 0 saturated heterocycles. The second-order valence-corrected chi connectivity index (χ2v) is 3.82. The van der Waals surface area contributed by atoms with E-state index in [4.69, 9.17) is 0 Å². The molecule has 1 aromatic rings. The molecule has 3 nitrogen and oxygen atoms in total. The van der Waals surface area contributed by atoms with E-state index in [1.807, 2.05) is 0 Å². The van der Waals surface area contributed by atoms with Crippen LogP contribution in [0.2, 0.25) is 0 Å². The first kappa shape index (κ1) is 14.5. The number of carbonyl (C=O) groups is 1. The summed E-state index contributed by atoms with van der Waals surface area (Å²) < 4.78 is 41.4. The zero-order valence-electron chi connectivity index (χ0n) is 10.0. The second-order valence-electron chi connectivity index (χ2n) is 3.82. The molecule has 0 radical (unpaired) electrons. The van der Waals surface area contributed by atoms with Crippen LogP contribution in [0.3, 0.4) is 0 Å². The van der Waals surface area contributed by atoms with Gasteiger partial charge in [0.15, 0.2) is 0 Å². The van der Waals surface area contributed by atoms with E-state index in [0.717, 1.165) is 12.1 Å². The molecule has 1 rings (SSSR count). The van der Waals surface area contributed by atoms with Crippen molar-refractivity contribution < 1.29 is 22.7 Å². The first-order valence-corrected chi connectivity index (χ1v) is 5.32. The topological polar surface area (TPSA) is 38.3 Å². The van der Waals surface area contributed by atoms with Gasteiger partial charge in [-0.3, -0.25) is 4.79 Å². The lowest BCUT2D eigenvalue weighted by Gasteiger charge is -2.12. The molecule has 0 aromatic heterocycles. The van der Waals surface area contributed by atoms with Gasteiger partial charge in [-0.15, -0.1) is 0 Å². The third kappa shape index (κ3) is 4.03. The number of benzene rings is 1. The van der Waals surface area contributed by atoms with Gasteiger partial charge in [-0.1, -0.05) is 12.1 Å². The average molecular weight is 261 g/mol. The van der Waals surface area contributed by atoms with E-state index in [0.29, 0.717) is 12.1 Å². The highest BCUT2D eigenvalue weighted by molar-refractivity contribution is 5.75. The number of rotatable bonds is 4. The fraction of sp³-hybridized carbons (Fsp3) is 0.417. The summed E-state index contributed by atoms with van der Waals surface area (Å²) in [6.07, 6.45) is -4.33. The molecule has 0 aliphatic carbocycles. The molecule has 100 valence electrons. The monoisotopic (exact) mass is 261 g/mol. The van der Waals surface area contributed by atoms with E-state index < -0.39 is 23.8 Å². The Bertz CT molecular complexity index is 401. The maximum Gasteiger partial charge on any atom is 0.416 e. The minimum atomic E-state index is -4.33. The standard InChI is InChI=1S/C12H14F3NO2/c1-8(11(17)18-2)16-7-9-3-5-10(6-4-9)12(13,14)15/h3-6,8,16H,7H2,1-2H3. The Morgan fingerprint density at radius 1 is 1.33 bits per heavy atom. The summed E-state index contributed by atoms with van der Waals surface area (Å²) in [5.74, 6) is -0.415. The van der Waals surface area contributed by atoms with E-state index >= 15 is 0 Å². The normalized spacial score (nSPS) is 13.2. The molecule has 1 unspecified atom stereocenters. The number of nitrogens with one attached hydrogen (secondary N) is 1. The van der Waals surface area contributed by atoms with Crippen LogP contribution in [0.1, 0.15) is 18.1 Å². The fourth-order valence-corrected chi connectivity index (χ4v) is 1.34. The Morgan fingerprint density at radius 2 is 1.89 bits per heavy atom. The van der Waals surface area contributed by atoms with Crippen molar-refractivity contribution in [1.82, 2.24) is 5.32 Å². The van der Waals surface area contributed by atoms with E-state index in [1.165, 1.54) is 19.2 Å². The maximum atomic E-state index is 12.3. The number of esters is 1. The van der Waals surface area contributed by atoms with Gasteiger partial charge in [-0.25, -0.2) is 0 Å². The van der Waals surface area contributed by atoms with Crippen LogP contribution in [0.5, 0.6) is 0 Å². The third-order valence-corrected chi connectivity index (χ3v) is 2.45. The van der Waals surface area contributed by atoms with Crippen molar-refractivity contribution >= 4 is 5.97 Å². The van der Waals surface area contributed by atoms with E-state index in [9.17, 15) is 18.0 Å². The number of carbonyl (C=O) groups excluding carboxylic acids is 1. The molecule has 0 bridgehead atoms. The molecule has 0 saturated carbocycles. The van der Waals surface area contributed by atoms with Crippen molar-refractivity contribution in [2.75, 3.05) is 7.11 Å². The smallest absolute Gasteiger partial charge is 0.416 e. The summed E-state index contributed by atoms with van der Waals surface area (Å²) in [5.41, 5.74) is -0.0222. The molecule has 1 N–H and O–H groups in total. The molecule has 6 heteroatoms. The number of methoxy groups -OCH3 is 1. The van der Waals surface area contributed by atoms with Crippen molar-refractivity contribution in [2.45, 2.75) is 25.7 Å².